The Morgan fingerprint density at radius 1 is 1.33 bits per heavy atom. The molecule has 0 saturated heterocycles. The lowest BCUT2D eigenvalue weighted by molar-refractivity contribution is -0.132. The Balaban J connectivity index is 2.16. The Morgan fingerprint density at radius 3 is 2.56 bits per heavy atom. The molecule has 0 bridgehead atoms. The van der Waals surface area contributed by atoms with E-state index in [1.165, 1.54) is 5.57 Å². The lowest BCUT2D eigenvalue weighted by Gasteiger charge is -2.27. The minimum absolute atomic E-state index is 0.400. The Kier molecular flexibility index (Phi) is 0.850. The van der Waals surface area contributed by atoms with Crippen molar-refractivity contribution in [3.8, 4) is 0 Å². The summed E-state index contributed by atoms with van der Waals surface area (Å²) in [5.41, 5.74) is 1.29. The second kappa shape index (κ2) is 1.47. The molecule has 1 heteroatoms. The van der Waals surface area contributed by atoms with Gasteiger partial charge in [-0.2, -0.15) is 0 Å². The first-order valence-corrected chi connectivity index (χ1v) is 3.47. The van der Waals surface area contributed by atoms with Crippen molar-refractivity contribution in [1.29, 1.82) is 0 Å². The third-order valence-corrected chi connectivity index (χ3v) is 2.51. The van der Waals surface area contributed by atoms with Crippen molar-refractivity contribution in [2.24, 2.45) is 11.8 Å². The number of Topliss-reactive ketones (excluding diaryl/α,β-unsaturated/α-hetero) is 1. The highest BCUT2D eigenvalue weighted by Crippen LogP contribution is 2.45. The fourth-order valence-corrected chi connectivity index (χ4v) is 1.91. The van der Waals surface area contributed by atoms with Crippen molar-refractivity contribution < 1.29 is 4.79 Å². The molecule has 2 saturated carbocycles. The van der Waals surface area contributed by atoms with Crippen molar-refractivity contribution in [2.45, 2.75) is 19.3 Å². The van der Waals surface area contributed by atoms with Crippen molar-refractivity contribution >= 4 is 5.78 Å². The van der Waals surface area contributed by atoms with Crippen LogP contribution >= 0.6 is 0 Å². The molecule has 9 heavy (non-hydrogen) atoms. The van der Waals surface area contributed by atoms with Gasteiger partial charge in [-0.3, -0.25) is 4.79 Å². The predicted octanol–water partition coefficient (Wildman–Crippen LogP) is 1.54. The fraction of sp³-hybridized carbons (Fsp3) is 0.625. The number of rotatable bonds is 0. The molecule has 0 amide bonds. The third kappa shape index (κ3) is 0.576. The van der Waals surface area contributed by atoms with Gasteiger partial charge in [0.2, 0.25) is 0 Å². The maximum Gasteiger partial charge on any atom is 0.136 e. The average Bonchev–Trinajstić information content (AvgIpc) is 2.08. The SMILES string of the molecule is C=C1CC2CC(=O)C2C1. The van der Waals surface area contributed by atoms with Crippen LogP contribution in [-0.4, -0.2) is 5.78 Å². The van der Waals surface area contributed by atoms with Crippen LogP contribution in [0.3, 0.4) is 0 Å². The van der Waals surface area contributed by atoms with E-state index < -0.39 is 0 Å². The molecule has 2 unspecified atom stereocenters. The molecule has 0 radical (unpaired) electrons. The second-order valence-electron chi connectivity index (χ2n) is 3.20. The molecule has 2 aliphatic rings. The van der Waals surface area contributed by atoms with Crippen LogP contribution < -0.4 is 0 Å². The molecular weight excluding hydrogens is 112 g/mol. The molecule has 0 heterocycles. The van der Waals surface area contributed by atoms with E-state index >= 15 is 0 Å². The van der Waals surface area contributed by atoms with Crippen molar-refractivity contribution in [2.75, 3.05) is 0 Å². The molecule has 0 aromatic heterocycles. The van der Waals surface area contributed by atoms with E-state index in [-0.39, 0.29) is 0 Å². The summed E-state index contributed by atoms with van der Waals surface area (Å²) in [6, 6.07) is 0. The molecule has 0 aromatic rings. The van der Waals surface area contributed by atoms with Crippen LogP contribution in [0.1, 0.15) is 19.3 Å². The van der Waals surface area contributed by atoms with Gasteiger partial charge >= 0.3 is 0 Å². The molecule has 0 spiro atoms. The quantitative estimate of drug-likeness (QED) is 0.445. The van der Waals surface area contributed by atoms with E-state index in [9.17, 15) is 4.79 Å². The number of hydrogen-bond donors (Lipinski definition) is 0. The standard InChI is InChI=1S/C8H10O/c1-5-2-6-4-8(9)7(6)3-5/h6-7H,1-4H2. The largest absolute Gasteiger partial charge is 0.299 e. The first-order chi connectivity index (χ1) is 4.27. The molecule has 0 aliphatic heterocycles. The van der Waals surface area contributed by atoms with Gasteiger partial charge in [-0.25, -0.2) is 0 Å². The summed E-state index contributed by atoms with van der Waals surface area (Å²) in [4.78, 5) is 10.8. The highest BCUT2D eigenvalue weighted by molar-refractivity contribution is 5.88. The normalized spacial score (nSPS) is 40.4. The molecule has 0 aromatic carbocycles. The van der Waals surface area contributed by atoms with Crippen LogP contribution in [0.5, 0.6) is 0 Å². The van der Waals surface area contributed by atoms with Crippen molar-refractivity contribution in [1.82, 2.24) is 0 Å². The Labute approximate surface area is 54.8 Å². The number of fused-ring (bicyclic) bond motifs is 1. The van der Waals surface area contributed by atoms with Crippen molar-refractivity contribution in [3.05, 3.63) is 12.2 Å². The molecule has 1 nitrogen and oxygen atoms in total. The number of hydrogen-bond acceptors (Lipinski definition) is 1. The molecular formula is C8H10O. The van der Waals surface area contributed by atoms with Crippen LogP contribution in [0.4, 0.5) is 0 Å². The smallest absolute Gasteiger partial charge is 0.136 e. The lowest BCUT2D eigenvalue weighted by atomic mass is 9.75. The number of carbonyl (C=O) groups excluding carboxylic acids is 1. The van der Waals surface area contributed by atoms with Crippen molar-refractivity contribution in [3.63, 3.8) is 0 Å². The zero-order valence-electron chi connectivity index (χ0n) is 5.39. The summed E-state index contributed by atoms with van der Waals surface area (Å²) in [6.45, 7) is 3.88. The first-order valence-electron chi connectivity index (χ1n) is 3.47. The third-order valence-electron chi connectivity index (χ3n) is 2.51. The van der Waals surface area contributed by atoms with Crippen LogP contribution in [0, 0.1) is 11.8 Å². The Morgan fingerprint density at radius 2 is 2.11 bits per heavy atom. The van der Waals surface area contributed by atoms with Crippen LogP contribution in [0.15, 0.2) is 12.2 Å². The van der Waals surface area contributed by atoms with Gasteiger partial charge in [0.1, 0.15) is 5.78 Å². The van der Waals surface area contributed by atoms with E-state index in [1.807, 2.05) is 0 Å². The maximum absolute atomic E-state index is 10.8. The topological polar surface area (TPSA) is 17.1 Å². The summed E-state index contributed by atoms with van der Waals surface area (Å²) < 4.78 is 0. The van der Waals surface area contributed by atoms with Gasteiger partial charge in [-0.1, -0.05) is 12.2 Å². The maximum atomic E-state index is 10.8. The Hall–Kier alpha value is -0.590. The minimum Gasteiger partial charge on any atom is -0.299 e. The van der Waals surface area contributed by atoms with Gasteiger partial charge in [-0.15, -0.1) is 0 Å². The number of ketones is 1. The van der Waals surface area contributed by atoms with Gasteiger partial charge in [0.25, 0.3) is 0 Å². The summed E-state index contributed by atoms with van der Waals surface area (Å²) in [6.07, 6.45) is 2.95. The molecule has 2 fully saturated rings. The van der Waals surface area contributed by atoms with Crippen LogP contribution in [0.2, 0.25) is 0 Å². The van der Waals surface area contributed by atoms with Gasteiger partial charge < -0.3 is 0 Å². The fourth-order valence-electron chi connectivity index (χ4n) is 1.91. The molecule has 2 rings (SSSR count). The van der Waals surface area contributed by atoms with Crippen LogP contribution in [0.25, 0.3) is 0 Å². The van der Waals surface area contributed by atoms with E-state index in [2.05, 4.69) is 6.58 Å². The van der Waals surface area contributed by atoms with Gasteiger partial charge in [0.15, 0.2) is 0 Å². The average molecular weight is 122 g/mol. The highest BCUT2D eigenvalue weighted by Gasteiger charge is 2.43. The van der Waals surface area contributed by atoms with Gasteiger partial charge in [-0.05, 0) is 18.8 Å². The molecule has 48 valence electrons. The molecule has 2 atom stereocenters. The van der Waals surface area contributed by atoms with Crippen LogP contribution in [-0.2, 0) is 4.79 Å². The summed E-state index contributed by atoms with van der Waals surface area (Å²) >= 11 is 0. The second-order valence-corrected chi connectivity index (χ2v) is 3.20. The zero-order chi connectivity index (χ0) is 6.43. The summed E-state index contributed by atoms with van der Waals surface area (Å²) in [5, 5.41) is 0. The van der Waals surface area contributed by atoms with E-state index in [4.69, 9.17) is 0 Å². The van der Waals surface area contributed by atoms with E-state index in [0.29, 0.717) is 17.6 Å². The molecule has 2 aliphatic carbocycles. The summed E-state index contributed by atoms with van der Waals surface area (Å²) in [7, 11) is 0. The number of allylic oxidation sites excluding steroid dienone is 1. The van der Waals surface area contributed by atoms with Gasteiger partial charge in [0.05, 0.1) is 0 Å². The van der Waals surface area contributed by atoms with Gasteiger partial charge in [0, 0.05) is 12.3 Å². The molecule has 0 N–H and O–H groups in total. The lowest BCUT2D eigenvalue weighted by Crippen LogP contribution is -2.32. The highest BCUT2D eigenvalue weighted by atomic mass is 16.1. The monoisotopic (exact) mass is 122 g/mol. The summed E-state index contributed by atoms with van der Waals surface area (Å²) in [5.74, 6) is 1.57. The minimum atomic E-state index is 0.400. The van der Waals surface area contributed by atoms with E-state index in [0.717, 1.165) is 19.3 Å². The first kappa shape index (κ1) is 5.21. The zero-order valence-corrected chi connectivity index (χ0v) is 5.39. The van der Waals surface area contributed by atoms with E-state index in [1.54, 1.807) is 0 Å². The Bertz CT molecular complexity index is 179. The number of carbonyl (C=O) groups is 1. The predicted molar refractivity (Wildman–Crippen MR) is 35.0 cm³/mol.